The molecule has 1 saturated carbocycles. The fourth-order valence-electron chi connectivity index (χ4n) is 8.83. The van der Waals surface area contributed by atoms with Crippen molar-refractivity contribution >= 4 is 60.2 Å². The molecule has 0 bridgehead atoms. The number of sulfone groups is 1. The highest BCUT2D eigenvalue weighted by molar-refractivity contribution is 7.92. The van der Waals surface area contributed by atoms with E-state index < -0.39 is 149 Å². The van der Waals surface area contributed by atoms with Crippen LogP contribution in [0.25, 0.3) is 22.0 Å². The second-order valence-electron chi connectivity index (χ2n) is 18.7. The number of carbonyl (C=O) groups excluding carboxylic acids is 2. The van der Waals surface area contributed by atoms with Gasteiger partial charge in [0.2, 0.25) is 15.9 Å². The third-order valence-electron chi connectivity index (χ3n) is 12.7. The van der Waals surface area contributed by atoms with Crippen molar-refractivity contribution in [2.75, 3.05) is 56.5 Å². The molecule has 0 radical (unpaired) electrons. The number of nitrogens with one attached hydrogen (secondary N) is 1. The Morgan fingerprint density at radius 1 is 0.908 bits per heavy atom. The molecule has 3 aromatic heterocycles. The van der Waals surface area contributed by atoms with Gasteiger partial charge in [-0.3, -0.25) is 19.1 Å². The van der Waals surface area contributed by atoms with Crippen molar-refractivity contribution < 1.29 is 89.6 Å². The van der Waals surface area contributed by atoms with Crippen LogP contribution >= 0.6 is 11.6 Å². The number of carbonyl (C=O) groups is 2. The number of sulfonamides is 1. The number of hydrogen-bond acceptors (Lipinski definition) is 13. The number of pyridine rings is 1. The molecular formula is C46H48ClF10N7O10S2. The monoisotopic (exact) mass is 1150 g/mol. The van der Waals surface area contributed by atoms with Crippen LogP contribution in [0.4, 0.5) is 54.5 Å². The summed E-state index contributed by atoms with van der Waals surface area (Å²) in [6, 6.07) is 5.15. The highest BCUT2D eigenvalue weighted by Crippen LogP contribution is 2.68. The van der Waals surface area contributed by atoms with Gasteiger partial charge in [-0.15, -0.1) is 0 Å². The van der Waals surface area contributed by atoms with Gasteiger partial charge in [-0.2, -0.15) is 49.6 Å². The zero-order chi connectivity index (χ0) is 56.1. The van der Waals surface area contributed by atoms with Crippen molar-refractivity contribution in [3.8, 4) is 11.1 Å². The number of aromatic nitrogens is 5. The summed E-state index contributed by atoms with van der Waals surface area (Å²) in [6.45, 7) is -1.69. The van der Waals surface area contributed by atoms with E-state index in [0.29, 0.717) is 12.3 Å². The van der Waals surface area contributed by atoms with Crippen LogP contribution in [0.1, 0.15) is 72.6 Å². The van der Waals surface area contributed by atoms with E-state index in [9.17, 15) is 61.5 Å². The Balaban J connectivity index is 1.40. The number of hydrogen-bond donors (Lipinski definition) is 2. The molecule has 2 aromatic carbocycles. The first-order chi connectivity index (χ1) is 35.2. The van der Waals surface area contributed by atoms with Gasteiger partial charge in [0.1, 0.15) is 37.0 Å². The van der Waals surface area contributed by atoms with Gasteiger partial charge in [0.15, 0.2) is 21.3 Å². The Bertz CT molecular complexity index is 3240. The molecule has 0 spiro atoms. The van der Waals surface area contributed by atoms with E-state index in [1.807, 2.05) is 0 Å². The minimum atomic E-state index is -5.22. The molecule has 7 rings (SSSR count). The van der Waals surface area contributed by atoms with Crippen molar-refractivity contribution in [2.24, 2.45) is 5.92 Å². The molecule has 2 N–H and O–H groups in total. The normalized spacial score (nSPS) is 16.9. The topological polar surface area (TPSA) is 214 Å². The summed E-state index contributed by atoms with van der Waals surface area (Å²) in [7, 11) is -8.62. The summed E-state index contributed by atoms with van der Waals surface area (Å²) in [4.78, 5) is 32.5. The molecular weight excluding hydrogens is 1100 g/mol. The number of benzene rings is 2. The van der Waals surface area contributed by atoms with Crippen molar-refractivity contribution in [1.29, 1.82) is 0 Å². The van der Waals surface area contributed by atoms with Crippen molar-refractivity contribution in [3.63, 3.8) is 0 Å². The number of fused-ring (bicyclic) bond motifs is 4. The van der Waals surface area contributed by atoms with Crippen LogP contribution < -0.4 is 9.62 Å². The summed E-state index contributed by atoms with van der Waals surface area (Å²) >= 11 is 6.66. The van der Waals surface area contributed by atoms with Crippen LogP contribution in [0.5, 0.6) is 0 Å². The molecule has 2 aliphatic carbocycles. The number of aryl methyl sites for hydroxylation is 1. The lowest BCUT2D eigenvalue weighted by molar-refractivity contribution is -0.143. The summed E-state index contributed by atoms with van der Waals surface area (Å²) in [5.74, 6) is -11.1. The maximum Gasteiger partial charge on any atom is 0.435 e. The first-order valence-corrected chi connectivity index (χ1v) is 27.0. The molecule has 0 saturated heterocycles. The molecule has 5 aromatic rings. The van der Waals surface area contributed by atoms with Gasteiger partial charge in [-0.1, -0.05) is 23.7 Å². The van der Waals surface area contributed by atoms with Crippen LogP contribution in [-0.2, 0) is 76.9 Å². The second kappa shape index (κ2) is 21.7. The number of alkyl halides is 8. The zero-order valence-electron chi connectivity index (χ0n) is 40.5. The fraction of sp³-hybridized carbons (Fsp3) is 0.500. The first-order valence-electron chi connectivity index (χ1n) is 22.9. The predicted molar refractivity (Wildman–Crippen MR) is 252 cm³/mol. The maximum atomic E-state index is 15.6. The van der Waals surface area contributed by atoms with E-state index in [2.05, 4.69) is 15.5 Å². The lowest BCUT2D eigenvalue weighted by Crippen LogP contribution is -2.37. The number of nitrogens with zero attached hydrogens (tertiary/aromatic N) is 6. The van der Waals surface area contributed by atoms with Gasteiger partial charge in [0.25, 0.3) is 5.92 Å². The Labute approximate surface area is 432 Å². The van der Waals surface area contributed by atoms with Gasteiger partial charge in [-0.25, -0.2) is 30.4 Å². The molecule has 30 heteroatoms. The molecule has 2 amide bonds. The van der Waals surface area contributed by atoms with Gasteiger partial charge < -0.3 is 24.6 Å². The SMILES string of the molecule is CC(C)(CCc1ccc(-c2ccc(Cl)c3c(N(C(=O)OCCOCCOCCO)S(C)(=O)=O)nn(CC(F)(F)F)c23)c([C@H](Cc2cc(F)cc(F)c2)NC(=O)Cn2nc(C(F)(F)F)c3c2C(F)(F)C2C[C@H]32)n1)S(C)(=O)=O. The third kappa shape index (κ3) is 12.7. The van der Waals surface area contributed by atoms with E-state index >= 15 is 8.78 Å². The third-order valence-corrected chi connectivity index (χ3v) is 16.2. The van der Waals surface area contributed by atoms with Crippen LogP contribution in [0, 0.1) is 17.6 Å². The Kier molecular flexibility index (Phi) is 16.6. The van der Waals surface area contributed by atoms with Crippen LogP contribution in [-0.4, -0.2) is 122 Å². The molecule has 3 heterocycles. The average molecular weight is 1150 g/mol. The van der Waals surface area contributed by atoms with Crippen LogP contribution in [0.2, 0.25) is 5.02 Å². The molecule has 0 aliphatic heterocycles. The van der Waals surface area contributed by atoms with Gasteiger partial charge in [0.05, 0.1) is 71.7 Å². The van der Waals surface area contributed by atoms with Gasteiger partial charge in [0, 0.05) is 40.6 Å². The maximum absolute atomic E-state index is 15.6. The number of halogens is 11. The molecule has 1 fully saturated rings. The zero-order valence-corrected chi connectivity index (χ0v) is 42.9. The molecule has 416 valence electrons. The minimum absolute atomic E-state index is 0.00113. The average Bonchev–Trinajstić information content (AvgIpc) is 3.80. The van der Waals surface area contributed by atoms with Crippen LogP contribution in [0.3, 0.4) is 0 Å². The predicted octanol–water partition coefficient (Wildman–Crippen LogP) is 7.80. The Morgan fingerprint density at radius 3 is 2.14 bits per heavy atom. The molecule has 1 unspecified atom stereocenters. The van der Waals surface area contributed by atoms with E-state index in [4.69, 9.17) is 35.9 Å². The summed E-state index contributed by atoms with van der Waals surface area (Å²) < 4.78 is 214. The highest BCUT2D eigenvalue weighted by Gasteiger charge is 2.68. The number of ether oxygens (including phenoxy) is 3. The summed E-state index contributed by atoms with van der Waals surface area (Å²) in [5.41, 5.74) is -5.34. The number of amides is 2. The van der Waals surface area contributed by atoms with Gasteiger partial charge in [-0.05, 0) is 75.3 Å². The number of anilines is 1. The largest absolute Gasteiger partial charge is 0.446 e. The second-order valence-corrected chi connectivity index (χ2v) is 23.6. The first kappa shape index (κ1) is 58.1. The standard InChI is InChI=1S/C46H48ClF10N7O10S2/c1-43(2,75(3,68)69)10-9-27-5-6-28(29-7-8-32(47)36-38(29)63(23-44(50,51)52)61-41(36)64(76(4,70)71)42(67)74-16-15-73-14-13-72-12-11-65)37(58-27)33(19-24-17-25(48)20-26(49)18-24)59-34(66)22-62-40-35(39(60-62)46(55,56)57)30-21-31(30)45(40,53)54/h5-8,17-18,20,30-31,33,65H,9-16,19,21-23H2,1-4H3,(H,59,66)/t30-,31?,33-/m0/s1. The number of aliphatic hydroxyl groups excluding tert-OH is 1. The van der Waals surface area contributed by atoms with Crippen molar-refractivity contribution in [2.45, 2.75) is 87.6 Å². The lowest BCUT2D eigenvalue weighted by atomic mass is 9.93. The quantitative estimate of drug-likeness (QED) is 0.0501. The molecule has 17 nitrogen and oxygen atoms in total. The van der Waals surface area contributed by atoms with E-state index in [-0.39, 0.29) is 94.0 Å². The summed E-state index contributed by atoms with van der Waals surface area (Å²) in [5, 5.41) is 17.5. The molecule has 3 atom stereocenters. The summed E-state index contributed by atoms with van der Waals surface area (Å²) in [6.07, 6.45) is -11.8. The smallest absolute Gasteiger partial charge is 0.435 e. The Hall–Kier alpha value is -5.62. The minimum Gasteiger partial charge on any atom is -0.446 e. The number of rotatable bonds is 22. The molecule has 76 heavy (non-hydrogen) atoms. The van der Waals surface area contributed by atoms with E-state index in [1.54, 1.807) is 0 Å². The number of aliphatic hydroxyl groups is 1. The lowest BCUT2D eigenvalue weighted by Gasteiger charge is -2.25. The van der Waals surface area contributed by atoms with E-state index in [1.165, 1.54) is 26.0 Å². The van der Waals surface area contributed by atoms with Crippen molar-refractivity contribution in [1.82, 2.24) is 29.9 Å². The van der Waals surface area contributed by atoms with E-state index in [0.717, 1.165) is 30.5 Å². The van der Waals surface area contributed by atoms with Gasteiger partial charge >= 0.3 is 18.4 Å². The Morgan fingerprint density at radius 2 is 1.54 bits per heavy atom. The molecule has 2 aliphatic rings. The van der Waals surface area contributed by atoms with Crippen LogP contribution in [0.15, 0.2) is 42.5 Å². The fourth-order valence-corrected chi connectivity index (χ4v) is 10.3. The highest BCUT2D eigenvalue weighted by atomic mass is 35.5. The van der Waals surface area contributed by atoms with Crippen molar-refractivity contribution in [3.05, 3.63) is 93.0 Å².